The van der Waals surface area contributed by atoms with E-state index in [1.54, 1.807) is 42.9 Å². The lowest BCUT2D eigenvalue weighted by Gasteiger charge is -2.09. The average molecular weight is 360 g/mol. The summed E-state index contributed by atoms with van der Waals surface area (Å²) in [6.45, 7) is 0. The van der Waals surface area contributed by atoms with Crippen molar-refractivity contribution in [3.63, 3.8) is 0 Å². The number of fused-ring (bicyclic) bond motifs is 1. The van der Waals surface area contributed by atoms with Crippen LogP contribution >= 0.6 is 23.2 Å². The van der Waals surface area contributed by atoms with E-state index in [1.165, 1.54) is 16.7 Å². The number of primary amides is 1. The first kappa shape index (κ1) is 16.2. The Hall–Kier alpha value is -2.63. The predicted molar refractivity (Wildman–Crippen MR) is 94.2 cm³/mol. The molecule has 0 bridgehead atoms. The topological polar surface area (TPSA) is 78.0 Å². The third kappa shape index (κ3) is 3.04. The molecule has 0 saturated heterocycles. The molecular weight excluding hydrogens is 349 g/mol. The Kier molecular flexibility index (Phi) is 4.38. The highest BCUT2D eigenvalue weighted by Gasteiger charge is 2.19. The lowest BCUT2D eigenvalue weighted by Crippen LogP contribution is -2.12. The van der Waals surface area contributed by atoms with Gasteiger partial charge in [0.25, 0.3) is 5.91 Å². The molecule has 1 amide bonds. The van der Waals surface area contributed by atoms with Gasteiger partial charge in [-0.2, -0.15) is 0 Å². The summed E-state index contributed by atoms with van der Waals surface area (Å²) >= 11 is 12.5. The summed E-state index contributed by atoms with van der Waals surface area (Å²) in [6, 6.07) is 6.62. The fourth-order valence-corrected chi connectivity index (χ4v) is 3.02. The molecule has 0 unspecified atom stereocenters. The van der Waals surface area contributed by atoms with Gasteiger partial charge in [-0.1, -0.05) is 23.2 Å². The molecule has 0 atom stereocenters. The molecule has 2 heterocycles. The highest BCUT2D eigenvalue weighted by atomic mass is 35.5. The molecular formula is C17H11Cl2N3O2. The fourth-order valence-electron chi connectivity index (χ4n) is 2.35. The molecule has 0 saturated carbocycles. The molecule has 3 rings (SSSR count). The van der Waals surface area contributed by atoms with Crippen LogP contribution in [0.3, 0.4) is 0 Å². The van der Waals surface area contributed by atoms with Gasteiger partial charge in [-0.05, 0) is 35.9 Å². The number of amides is 1. The molecule has 0 aliphatic carbocycles. The first-order valence-corrected chi connectivity index (χ1v) is 7.65. The van der Waals surface area contributed by atoms with Crippen LogP contribution in [-0.2, 0) is 4.79 Å². The number of carbonyl (C=O) groups is 2. The Morgan fingerprint density at radius 3 is 2.54 bits per heavy atom. The number of pyridine rings is 1. The van der Waals surface area contributed by atoms with Crippen molar-refractivity contribution in [2.75, 3.05) is 0 Å². The zero-order chi connectivity index (χ0) is 17.3. The minimum absolute atomic E-state index is 0.184. The molecule has 0 radical (unpaired) electrons. The van der Waals surface area contributed by atoms with Crippen molar-refractivity contribution in [3.05, 3.63) is 70.1 Å². The van der Waals surface area contributed by atoms with Crippen molar-refractivity contribution in [1.82, 2.24) is 9.55 Å². The molecule has 2 N–H and O–H groups in total. The summed E-state index contributed by atoms with van der Waals surface area (Å²) < 4.78 is 1.46. The maximum Gasteiger partial charge on any atom is 0.265 e. The van der Waals surface area contributed by atoms with E-state index in [2.05, 4.69) is 4.98 Å². The number of halogens is 2. The van der Waals surface area contributed by atoms with Gasteiger partial charge in [0.15, 0.2) is 0 Å². The van der Waals surface area contributed by atoms with Gasteiger partial charge < -0.3 is 5.73 Å². The van der Waals surface area contributed by atoms with Crippen LogP contribution in [0.2, 0.25) is 10.0 Å². The van der Waals surface area contributed by atoms with E-state index in [0.29, 0.717) is 11.1 Å². The number of rotatable bonds is 3. The Labute approximate surface area is 147 Å². The van der Waals surface area contributed by atoms with Crippen LogP contribution in [0.25, 0.3) is 17.0 Å². The van der Waals surface area contributed by atoms with Gasteiger partial charge >= 0.3 is 0 Å². The van der Waals surface area contributed by atoms with Crippen LogP contribution in [0.15, 0.2) is 48.9 Å². The molecule has 24 heavy (non-hydrogen) atoms. The molecule has 0 fully saturated rings. The van der Waals surface area contributed by atoms with Crippen LogP contribution in [-0.4, -0.2) is 21.4 Å². The normalized spacial score (nSPS) is 11.2. The van der Waals surface area contributed by atoms with Crippen molar-refractivity contribution in [3.8, 4) is 0 Å². The number of nitrogens with zero attached hydrogens (tertiary/aromatic N) is 2. The van der Waals surface area contributed by atoms with Crippen LogP contribution in [0.5, 0.6) is 0 Å². The Balaban J connectivity index is 2.06. The van der Waals surface area contributed by atoms with E-state index < -0.39 is 5.91 Å². The number of hydrogen-bond donors (Lipinski definition) is 1. The first-order valence-electron chi connectivity index (χ1n) is 6.89. The molecule has 3 aromatic rings. The van der Waals surface area contributed by atoms with Crippen molar-refractivity contribution in [2.24, 2.45) is 5.73 Å². The Morgan fingerprint density at radius 1 is 1.17 bits per heavy atom. The summed E-state index contributed by atoms with van der Waals surface area (Å²) in [6.07, 6.45) is 7.58. The van der Waals surface area contributed by atoms with Crippen molar-refractivity contribution >= 4 is 52.0 Å². The number of aromatic nitrogens is 2. The number of nitrogens with two attached hydrogens (primary N) is 1. The maximum absolute atomic E-state index is 12.8. The lowest BCUT2D eigenvalue weighted by molar-refractivity contribution is -0.113. The lowest BCUT2D eigenvalue weighted by atomic mass is 10.1. The Bertz CT molecular complexity index is 969. The summed E-state index contributed by atoms with van der Waals surface area (Å²) in [5.41, 5.74) is 6.52. The van der Waals surface area contributed by atoms with Gasteiger partial charge in [-0.15, -0.1) is 0 Å². The zero-order valence-electron chi connectivity index (χ0n) is 12.2. The molecule has 0 aliphatic rings. The summed E-state index contributed by atoms with van der Waals surface area (Å²) in [5, 5.41) is 1.21. The molecule has 2 aromatic heterocycles. The standard InChI is InChI=1S/C17H11Cl2N3O2/c18-12-7-10(1-2-15(20)23)8-13(19)16(12)17(24)22-6-4-11-9-21-5-3-14(11)22/h1-9H,(H2,20,23). The van der Waals surface area contributed by atoms with Gasteiger partial charge in [-0.25, -0.2) is 0 Å². The third-order valence-corrected chi connectivity index (χ3v) is 4.02. The van der Waals surface area contributed by atoms with Gasteiger partial charge in [0.2, 0.25) is 5.91 Å². The van der Waals surface area contributed by atoms with E-state index in [-0.39, 0.29) is 21.5 Å². The average Bonchev–Trinajstić information content (AvgIpc) is 2.96. The molecule has 120 valence electrons. The predicted octanol–water partition coefficient (Wildman–Crippen LogP) is 3.53. The fraction of sp³-hybridized carbons (Fsp3) is 0. The molecule has 7 heteroatoms. The maximum atomic E-state index is 12.8. The monoisotopic (exact) mass is 359 g/mol. The minimum Gasteiger partial charge on any atom is -0.366 e. The van der Waals surface area contributed by atoms with Crippen LogP contribution < -0.4 is 5.73 Å². The van der Waals surface area contributed by atoms with Gasteiger partial charge in [0.1, 0.15) is 0 Å². The number of carbonyl (C=O) groups excluding carboxylic acids is 2. The smallest absolute Gasteiger partial charge is 0.265 e. The molecule has 0 spiro atoms. The van der Waals surface area contributed by atoms with Crippen LogP contribution in [0, 0.1) is 0 Å². The van der Waals surface area contributed by atoms with E-state index in [1.807, 2.05) is 0 Å². The number of hydrogen-bond acceptors (Lipinski definition) is 3. The highest BCUT2D eigenvalue weighted by molar-refractivity contribution is 6.40. The number of benzene rings is 1. The summed E-state index contributed by atoms with van der Waals surface area (Å²) in [4.78, 5) is 27.6. The molecule has 0 aliphatic heterocycles. The van der Waals surface area contributed by atoms with E-state index in [0.717, 1.165) is 5.39 Å². The van der Waals surface area contributed by atoms with Crippen molar-refractivity contribution in [1.29, 1.82) is 0 Å². The van der Waals surface area contributed by atoms with Crippen molar-refractivity contribution < 1.29 is 9.59 Å². The van der Waals surface area contributed by atoms with E-state index >= 15 is 0 Å². The zero-order valence-corrected chi connectivity index (χ0v) is 13.8. The van der Waals surface area contributed by atoms with E-state index in [9.17, 15) is 9.59 Å². The SMILES string of the molecule is NC(=O)C=Cc1cc(Cl)c(C(=O)n2ccc3cnccc32)c(Cl)c1. The second-order valence-corrected chi connectivity index (χ2v) is 5.84. The largest absolute Gasteiger partial charge is 0.366 e. The second kappa shape index (κ2) is 6.47. The van der Waals surface area contributed by atoms with Gasteiger partial charge in [-0.3, -0.25) is 19.1 Å². The minimum atomic E-state index is -0.588. The summed E-state index contributed by atoms with van der Waals surface area (Å²) in [7, 11) is 0. The Morgan fingerprint density at radius 2 is 1.88 bits per heavy atom. The molecule has 5 nitrogen and oxygen atoms in total. The van der Waals surface area contributed by atoms with E-state index in [4.69, 9.17) is 28.9 Å². The van der Waals surface area contributed by atoms with Gasteiger partial charge in [0, 0.05) is 30.1 Å². The third-order valence-electron chi connectivity index (χ3n) is 3.43. The second-order valence-electron chi connectivity index (χ2n) is 5.02. The molecule has 1 aromatic carbocycles. The van der Waals surface area contributed by atoms with Crippen LogP contribution in [0.4, 0.5) is 0 Å². The van der Waals surface area contributed by atoms with Gasteiger partial charge in [0.05, 0.1) is 21.1 Å². The summed E-state index contributed by atoms with van der Waals surface area (Å²) in [5.74, 6) is -0.938. The highest BCUT2D eigenvalue weighted by Crippen LogP contribution is 2.29. The first-order chi connectivity index (χ1) is 11.5. The quantitative estimate of drug-likeness (QED) is 0.726. The van der Waals surface area contributed by atoms with Crippen LogP contribution in [0.1, 0.15) is 15.9 Å². The van der Waals surface area contributed by atoms with Crippen molar-refractivity contribution in [2.45, 2.75) is 0 Å².